The number of urea groups is 1. The van der Waals surface area contributed by atoms with Gasteiger partial charge in [-0.25, -0.2) is 4.79 Å². The number of nitrogens with zero attached hydrogens (tertiary/aromatic N) is 2. The van der Waals surface area contributed by atoms with Crippen molar-refractivity contribution in [2.45, 2.75) is 44.7 Å². The van der Waals surface area contributed by atoms with Gasteiger partial charge in [0.25, 0.3) is 0 Å². The van der Waals surface area contributed by atoms with Crippen LogP contribution in [0.3, 0.4) is 0 Å². The first-order valence-corrected chi connectivity index (χ1v) is 7.18. The van der Waals surface area contributed by atoms with Crippen LogP contribution >= 0.6 is 0 Å². The standard InChI is InChI=1S/C13H26N4O/c1-11(10-16-6-2-3-7-16)15-12-4-8-17(9-5-12)13(14)18/h11-12,15H,2-10H2,1H3,(H2,14,18). The molecular weight excluding hydrogens is 228 g/mol. The summed E-state index contributed by atoms with van der Waals surface area (Å²) in [5.74, 6) is 0. The van der Waals surface area contributed by atoms with Gasteiger partial charge < -0.3 is 20.9 Å². The number of hydrogen-bond donors (Lipinski definition) is 2. The number of carbonyl (C=O) groups is 1. The van der Waals surface area contributed by atoms with Gasteiger partial charge in [0, 0.05) is 31.7 Å². The zero-order chi connectivity index (χ0) is 13.0. The van der Waals surface area contributed by atoms with Gasteiger partial charge in [-0.1, -0.05) is 0 Å². The monoisotopic (exact) mass is 254 g/mol. The van der Waals surface area contributed by atoms with E-state index in [1.54, 1.807) is 4.90 Å². The molecule has 0 aromatic carbocycles. The van der Waals surface area contributed by atoms with E-state index in [0.29, 0.717) is 12.1 Å². The van der Waals surface area contributed by atoms with Crippen molar-refractivity contribution in [2.75, 3.05) is 32.7 Å². The first-order chi connectivity index (χ1) is 8.65. The summed E-state index contributed by atoms with van der Waals surface area (Å²) in [6.07, 6.45) is 4.74. The summed E-state index contributed by atoms with van der Waals surface area (Å²) in [5.41, 5.74) is 5.28. The summed E-state index contributed by atoms with van der Waals surface area (Å²) in [6.45, 7) is 7.51. The summed E-state index contributed by atoms with van der Waals surface area (Å²) < 4.78 is 0. The van der Waals surface area contributed by atoms with Crippen LogP contribution < -0.4 is 11.1 Å². The summed E-state index contributed by atoms with van der Waals surface area (Å²) in [4.78, 5) is 15.3. The fourth-order valence-electron chi connectivity index (χ4n) is 3.07. The summed E-state index contributed by atoms with van der Waals surface area (Å²) in [5, 5.41) is 3.68. The van der Waals surface area contributed by atoms with Crippen molar-refractivity contribution >= 4 is 6.03 Å². The topological polar surface area (TPSA) is 61.6 Å². The molecule has 0 spiro atoms. The first-order valence-electron chi connectivity index (χ1n) is 7.18. The van der Waals surface area contributed by atoms with Crippen molar-refractivity contribution in [1.82, 2.24) is 15.1 Å². The lowest BCUT2D eigenvalue weighted by atomic mass is 10.0. The molecule has 2 aliphatic heterocycles. The van der Waals surface area contributed by atoms with E-state index < -0.39 is 0 Å². The van der Waals surface area contributed by atoms with E-state index in [-0.39, 0.29) is 6.03 Å². The van der Waals surface area contributed by atoms with Crippen molar-refractivity contribution in [1.29, 1.82) is 0 Å². The molecule has 3 N–H and O–H groups in total. The number of hydrogen-bond acceptors (Lipinski definition) is 3. The van der Waals surface area contributed by atoms with Gasteiger partial charge in [-0.15, -0.1) is 0 Å². The highest BCUT2D eigenvalue weighted by atomic mass is 16.2. The average molecular weight is 254 g/mol. The van der Waals surface area contributed by atoms with E-state index in [9.17, 15) is 4.79 Å². The summed E-state index contributed by atoms with van der Waals surface area (Å²) in [7, 11) is 0. The van der Waals surface area contributed by atoms with Gasteiger partial charge in [0.1, 0.15) is 0 Å². The Balaban J connectivity index is 1.65. The molecule has 18 heavy (non-hydrogen) atoms. The smallest absolute Gasteiger partial charge is 0.314 e. The molecule has 2 saturated heterocycles. The molecule has 1 atom stereocenters. The van der Waals surface area contributed by atoms with Crippen LogP contribution in [0.2, 0.25) is 0 Å². The minimum absolute atomic E-state index is 0.279. The Morgan fingerprint density at radius 2 is 1.89 bits per heavy atom. The highest BCUT2D eigenvalue weighted by Gasteiger charge is 2.23. The van der Waals surface area contributed by atoms with Gasteiger partial charge in [-0.2, -0.15) is 0 Å². The number of likely N-dealkylation sites (tertiary alicyclic amines) is 2. The Labute approximate surface area is 110 Å². The second kappa shape index (κ2) is 6.38. The largest absolute Gasteiger partial charge is 0.351 e. The highest BCUT2D eigenvalue weighted by molar-refractivity contribution is 5.72. The van der Waals surface area contributed by atoms with Gasteiger partial charge in [0.15, 0.2) is 0 Å². The Kier molecular flexibility index (Phi) is 4.83. The molecule has 0 aliphatic carbocycles. The number of rotatable bonds is 4. The van der Waals surface area contributed by atoms with Crippen molar-refractivity contribution in [3.63, 3.8) is 0 Å². The Morgan fingerprint density at radius 1 is 1.28 bits per heavy atom. The first kappa shape index (κ1) is 13.6. The number of primary amides is 1. The van der Waals surface area contributed by atoms with E-state index in [4.69, 9.17) is 5.73 Å². The lowest BCUT2D eigenvalue weighted by Gasteiger charge is -2.33. The van der Waals surface area contributed by atoms with Crippen molar-refractivity contribution in [3.8, 4) is 0 Å². The van der Waals surface area contributed by atoms with E-state index >= 15 is 0 Å². The number of amides is 2. The lowest BCUT2D eigenvalue weighted by Crippen LogP contribution is -2.50. The molecule has 2 fully saturated rings. The fourth-order valence-corrected chi connectivity index (χ4v) is 3.07. The van der Waals surface area contributed by atoms with Gasteiger partial charge >= 0.3 is 6.03 Å². The molecule has 0 aromatic heterocycles. The highest BCUT2D eigenvalue weighted by Crippen LogP contribution is 2.12. The Morgan fingerprint density at radius 3 is 2.44 bits per heavy atom. The van der Waals surface area contributed by atoms with Gasteiger partial charge in [0.05, 0.1) is 0 Å². The molecule has 2 heterocycles. The van der Waals surface area contributed by atoms with Crippen LogP contribution in [0.15, 0.2) is 0 Å². The Hall–Kier alpha value is -0.810. The number of piperidine rings is 1. The third-order valence-electron chi connectivity index (χ3n) is 4.06. The van der Waals surface area contributed by atoms with Crippen molar-refractivity contribution < 1.29 is 4.79 Å². The SMILES string of the molecule is CC(CN1CCCC1)NC1CCN(C(N)=O)CC1. The van der Waals surface area contributed by atoms with Crippen LogP contribution in [0.5, 0.6) is 0 Å². The zero-order valence-corrected chi connectivity index (χ0v) is 11.4. The molecule has 104 valence electrons. The maximum absolute atomic E-state index is 11.0. The van der Waals surface area contributed by atoms with Crippen molar-refractivity contribution in [3.05, 3.63) is 0 Å². The van der Waals surface area contributed by atoms with E-state index in [1.165, 1.54) is 25.9 Å². The van der Waals surface area contributed by atoms with E-state index in [0.717, 1.165) is 32.5 Å². The van der Waals surface area contributed by atoms with Crippen LogP contribution in [0.4, 0.5) is 4.79 Å². The van der Waals surface area contributed by atoms with Gasteiger partial charge in [-0.05, 0) is 45.7 Å². The third-order valence-corrected chi connectivity index (χ3v) is 4.06. The summed E-state index contributed by atoms with van der Waals surface area (Å²) in [6, 6.07) is 0.796. The normalized spacial score (nSPS) is 24.4. The molecule has 2 aliphatic rings. The van der Waals surface area contributed by atoms with Crippen LogP contribution in [0.1, 0.15) is 32.6 Å². The van der Waals surface area contributed by atoms with Crippen LogP contribution in [0.25, 0.3) is 0 Å². The Bertz CT molecular complexity index is 270. The quantitative estimate of drug-likeness (QED) is 0.772. The minimum atomic E-state index is -0.279. The molecule has 1 unspecified atom stereocenters. The molecule has 5 heteroatoms. The van der Waals surface area contributed by atoms with E-state index in [1.807, 2.05) is 0 Å². The van der Waals surface area contributed by atoms with Crippen molar-refractivity contribution in [2.24, 2.45) is 5.73 Å². The molecular formula is C13H26N4O. The third kappa shape index (κ3) is 3.85. The molecule has 0 saturated carbocycles. The molecule has 0 aromatic rings. The average Bonchev–Trinajstić information content (AvgIpc) is 2.82. The number of carbonyl (C=O) groups excluding carboxylic acids is 1. The molecule has 0 radical (unpaired) electrons. The second-order valence-corrected chi connectivity index (χ2v) is 5.67. The fraction of sp³-hybridized carbons (Fsp3) is 0.923. The second-order valence-electron chi connectivity index (χ2n) is 5.67. The molecule has 0 bridgehead atoms. The van der Waals surface area contributed by atoms with Crippen LogP contribution in [-0.4, -0.2) is 60.6 Å². The molecule has 2 rings (SSSR count). The van der Waals surface area contributed by atoms with E-state index in [2.05, 4.69) is 17.1 Å². The molecule has 5 nitrogen and oxygen atoms in total. The van der Waals surface area contributed by atoms with Gasteiger partial charge in [0.2, 0.25) is 0 Å². The van der Waals surface area contributed by atoms with Gasteiger partial charge in [-0.3, -0.25) is 0 Å². The predicted molar refractivity (Wildman–Crippen MR) is 72.5 cm³/mol. The van der Waals surface area contributed by atoms with Crippen LogP contribution in [-0.2, 0) is 0 Å². The molecule has 2 amide bonds. The lowest BCUT2D eigenvalue weighted by molar-refractivity contribution is 0.179. The number of nitrogens with one attached hydrogen (secondary N) is 1. The zero-order valence-electron chi connectivity index (χ0n) is 11.4. The maximum atomic E-state index is 11.0. The van der Waals surface area contributed by atoms with Crippen LogP contribution in [0, 0.1) is 0 Å². The summed E-state index contributed by atoms with van der Waals surface area (Å²) >= 11 is 0. The number of nitrogens with two attached hydrogens (primary N) is 1. The predicted octanol–water partition coefficient (Wildman–Crippen LogP) is 0.603. The minimum Gasteiger partial charge on any atom is -0.351 e. The maximum Gasteiger partial charge on any atom is 0.314 e.